The number of carbonyl (C=O) groups is 1. The van der Waals surface area contributed by atoms with Crippen LogP contribution in [0.1, 0.15) is 0 Å². The molecule has 0 aliphatic heterocycles. The highest BCUT2D eigenvalue weighted by molar-refractivity contribution is 9.10. The average molecular weight is 386 g/mol. The molecule has 0 atom stereocenters. The van der Waals surface area contributed by atoms with Gasteiger partial charge in [0.15, 0.2) is 6.61 Å². The van der Waals surface area contributed by atoms with Gasteiger partial charge in [0.1, 0.15) is 5.75 Å². The number of halogens is 2. The Morgan fingerprint density at radius 3 is 2.55 bits per heavy atom. The number of ether oxygens (including phenoxy) is 1. The Labute approximate surface area is 139 Å². The molecular weight excluding hydrogens is 376 g/mol. The van der Waals surface area contributed by atoms with Crippen LogP contribution in [0.2, 0.25) is 5.02 Å². The zero-order valence-corrected chi connectivity index (χ0v) is 13.4. The number of nitrogens with one attached hydrogen (secondary N) is 1. The molecule has 0 fully saturated rings. The molecule has 0 aromatic heterocycles. The van der Waals surface area contributed by atoms with E-state index in [1.807, 2.05) is 0 Å². The summed E-state index contributed by atoms with van der Waals surface area (Å²) in [5, 5.41) is 13.5. The fourth-order valence-electron chi connectivity index (χ4n) is 1.59. The highest BCUT2D eigenvalue weighted by atomic mass is 79.9. The molecule has 2 aromatic carbocycles. The van der Waals surface area contributed by atoms with Gasteiger partial charge in [-0.05, 0) is 30.3 Å². The van der Waals surface area contributed by atoms with Gasteiger partial charge in [-0.1, -0.05) is 27.5 Å². The van der Waals surface area contributed by atoms with E-state index in [2.05, 4.69) is 21.2 Å². The summed E-state index contributed by atoms with van der Waals surface area (Å²) in [6.07, 6.45) is 0. The Hall–Kier alpha value is -2.12. The van der Waals surface area contributed by atoms with E-state index < -0.39 is 4.92 Å². The monoisotopic (exact) mass is 384 g/mol. The second-order valence-corrected chi connectivity index (χ2v) is 5.53. The first-order valence-electron chi connectivity index (χ1n) is 6.08. The van der Waals surface area contributed by atoms with Gasteiger partial charge >= 0.3 is 0 Å². The number of nitro benzene ring substituents is 1. The van der Waals surface area contributed by atoms with Gasteiger partial charge in [-0.3, -0.25) is 14.9 Å². The minimum absolute atomic E-state index is 0.0431. The lowest BCUT2D eigenvalue weighted by atomic mass is 10.3. The number of nitrogens with zero attached hydrogens (tertiary/aromatic N) is 1. The lowest BCUT2D eigenvalue weighted by Crippen LogP contribution is -2.20. The third kappa shape index (κ3) is 4.44. The van der Waals surface area contributed by atoms with E-state index in [1.165, 1.54) is 24.3 Å². The number of nitro groups is 1. The van der Waals surface area contributed by atoms with E-state index in [0.29, 0.717) is 16.5 Å². The van der Waals surface area contributed by atoms with Crippen LogP contribution in [0.25, 0.3) is 0 Å². The molecule has 2 rings (SSSR count). The Bertz CT molecular complexity index is 706. The largest absolute Gasteiger partial charge is 0.484 e. The molecule has 0 radical (unpaired) electrons. The normalized spacial score (nSPS) is 10.1. The lowest BCUT2D eigenvalue weighted by Gasteiger charge is -2.09. The number of amides is 1. The van der Waals surface area contributed by atoms with Crippen LogP contribution in [0.15, 0.2) is 46.9 Å². The third-order valence-electron chi connectivity index (χ3n) is 2.62. The van der Waals surface area contributed by atoms with E-state index in [-0.39, 0.29) is 18.2 Å². The molecule has 1 N–H and O–H groups in total. The minimum atomic E-state index is -0.508. The van der Waals surface area contributed by atoms with Crippen LogP contribution in [0.4, 0.5) is 11.4 Å². The predicted molar refractivity (Wildman–Crippen MR) is 86.4 cm³/mol. The van der Waals surface area contributed by atoms with E-state index in [9.17, 15) is 14.9 Å². The second kappa shape index (κ2) is 7.24. The Morgan fingerprint density at radius 1 is 1.27 bits per heavy atom. The second-order valence-electron chi connectivity index (χ2n) is 4.21. The molecule has 1 amide bonds. The Kier molecular flexibility index (Phi) is 5.35. The van der Waals surface area contributed by atoms with Crippen LogP contribution in [0.5, 0.6) is 5.75 Å². The molecule has 0 aliphatic carbocycles. The van der Waals surface area contributed by atoms with Crippen molar-refractivity contribution in [1.82, 2.24) is 0 Å². The predicted octanol–water partition coefficient (Wildman–Crippen LogP) is 4.03. The molecule has 0 bridgehead atoms. The van der Waals surface area contributed by atoms with Crippen molar-refractivity contribution < 1.29 is 14.5 Å². The standard InChI is InChI=1S/C14H10BrClN2O4/c15-9-1-6-13(12(16)7-9)17-14(19)8-22-11-4-2-10(3-5-11)18(20)21/h1-7H,8H2,(H,17,19). The molecule has 0 aliphatic rings. The Balaban J connectivity index is 1.91. The van der Waals surface area contributed by atoms with Crippen molar-refractivity contribution in [3.05, 3.63) is 62.1 Å². The fourth-order valence-corrected chi connectivity index (χ4v) is 2.31. The lowest BCUT2D eigenvalue weighted by molar-refractivity contribution is -0.384. The Morgan fingerprint density at radius 2 is 1.95 bits per heavy atom. The third-order valence-corrected chi connectivity index (χ3v) is 3.43. The van der Waals surface area contributed by atoms with Crippen molar-refractivity contribution >= 4 is 44.8 Å². The van der Waals surface area contributed by atoms with Crippen LogP contribution in [-0.2, 0) is 4.79 Å². The molecular formula is C14H10BrClN2O4. The summed E-state index contributed by atoms with van der Waals surface area (Å²) in [5.41, 5.74) is 0.431. The maximum atomic E-state index is 11.8. The number of rotatable bonds is 5. The van der Waals surface area contributed by atoms with Crippen molar-refractivity contribution in [3.63, 3.8) is 0 Å². The summed E-state index contributed by atoms with van der Waals surface area (Å²) < 4.78 is 6.05. The SMILES string of the molecule is O=C(COc1ccc([N+](=O)[O-])cc1)Nc1ccc(Br)cc1Cl. The topological polar surface area (TPSA) is 81.5 Å². The van der Waals surface area contributed by atoms with E-state index >= 15 is 0 Å². The van der Waals surface area contributed by atoms with Crippen molar-refractivity contribution in [2.75, 3.05) is 11.9 Å². The summed E-state index contributed by atoms with van der Waals surface area (Å²) in [4.78, 5) is 21.8. The van der Waals surface area contributed by atoms with Crippen molar-refractivity contribution in [1.29, 1.82) is 0 Å². The smallest absolute Gasteiger partial charge is 0.269 e. The summed E-state index contributed by atoms with van der Waals surface area (Å²) in [5.74, 6) is -0.0229. The number of hydrogen-bond donors (Lipinski definition) is 1. The molecule has 0 saturated heterocycles. The van der Waals surface area contributed by atoms with Gasteiger partial charge in [-0.25, -0.2) is 0 Å². The van der Waals surface area contributed by atoms with Crippen LogP contribution < -0.4 is 10.1 Å². The van der Waals surface area contributed by atoms with E-state index in [1.54, 1.807) is 18.2 Å². The molecule has 0 unspecified atom stereocenters. The molecule has 0 heterocycles. The minimum Gasteiger partial charge on any atom is -0.484 e. The van der Waals surface area contributed by atoms with Gasteiger partial charge in [0.25, 0.3) is 11.6 Å². The van der Waals surface area contributed by atoms with Crippen LogP contribution in [-0.4, -0.2) is 17.4 Å². The zero-order chi connectivity index (χ0) is 16.1. The number of carbonyl (C=O) groups excluding carboxylic acids is 1. The first-order valence-corrected chi connectivity index (χ1v) is 7.25. The highest BCUT2D eigenvalue weighted by Crippen LogP contribution is 2.25. The maximum Gasteiger partial charge on any atom is 0.269 e. The van der Waals surface area contributed by atoms with E-state index in [4.69, 9.17) is 16.3 Å². The van der Waals surface area contributed by atoms with E-state index in [0.717, 1.165) is 4.47 Å². The first kappa shape index (κ1) is 16.3. The maximum absolute atomic E-state index is 11.8. The van der Waals surface area contributed by atoms with Gasteiger partial charge in [0.2, 0.25) is 0 Å². The van der Waals surface area contributed by atoms with Crippen LogP contribution in [0.3, 0.4) is 0 Å². The van der Waals surface area contributed by atoms with Gasteiger partial charge in [0, 0.05) is 16.6 Å². The van der Waals surface area contributed by atoms with Crippen LogP contribution >= 0.6 is 27.5 Å². The fraction of sp³-hybridized carbons (Fsp3) is 0.0714. The molecule has 6 nitrogen and oxygen atoms in total. The number of benzene rings is 2. The highest BCUT2D eigenvalue weighted by Gasteiger charge is 2.08. The summed E-state index contributed by atoms with van der Waals surface area (Å²) in [6, 6.07) is 10.5. The van der Waals surface area contributed by atoms with Crippen molar-refractivity contribution in [2.45, 2.75) is 0 Å². The first-order chi connectivity index (χ1) is 10.5. The van der Waals surface area contributed by atoms with Crippen molar-refractivity contribution in [2.24, 2.45) is 0 Å². The number of non-ortho nitro benzene ring substituents is 1. The summed E-state index contributed by atoms with van der Waals surface area (Å²) >= 11 is 9.26. The molecule has 0 spiro atoms. The van der Waals surface area contributed by atoms with Gasteiger partial charge < -0.3 is 10.1 Å². The molecule has 8 heteroatoms. The number of anilines is 1. The average Bonchev–Trinajstić information content (AvgIpc) is 2.48. The zero-order valence-electron chi connectivity index (χ0n) is 11.1. The van der Waals surface area contributed by atoms with Gasteiger partial charge in [0.05, 0.1) is 15.6 Å². The van der Waals surface area contributed by atoms with Gasteiger partial charge in [-0.15, -0.1) is 0 Å². The van der Waals surface area contributed by atoms with Crippen molar-refractivity contribution in [3.8, 4) is 5.75 Å². The number of hydrogen-bond acceptors (Lipinski definition) is 4. The molecule has 2 aromatic rings. The molecule has 0 saturated carbocycles. The molecule has 22 heavy (non-hydrogen) atoms. The summed E-state index contributed by atoms with van der Waals surface area (Å²) in [6.45, 7) is -0.232. The van der Waals surface area contributed by atoms with Crippen LogP contribution in [0, 0.1) is 10.1 Å². The van der Waals surface area contributed by atoms with Gasteiger partial charge in [-0.2, -0.15) is 0 Å². The summed E-state index contributed by atoms with van der Waals surface area (Å²) in [7, 11) is 0. The molecule has 114 valence electrons. The quantitative estimate of drug-likeness (QED) is 0.622.